The number of rotatable bonds is 10. The number of likely N-dealkylation sites (N-methyl/N-ethyl adjacent to an activating group) is 1. The minimum absolute atomic E-state index is 0.623. The van der Waals surface area contributed by atoms with E-state index in [0.29, 0.717) is 19.8 Å². The van der Waals surface area contributed by atoms with Crippen LogP contribution < -0.4 is 5.32 Å². The number of unbranched alkanes of at least 4 members (excludes halogenated alkanes) is 1. The average molecular weight is 201 g/mol. The van der Waals surface area contributed by atoms with E-state index < -0.39 is 0 Å². The minimum Gasteiger partial charge on any atom is -0.379 e. The van der Waals surface area contributed by atoms with Gasteiger partial charge in [-0.15, -0.1) is 0 Å². The Kier molecular flexibility index (Phi) is 10.4. The van der Waals surface area contributed by atoms with Crippen LogP contribution in [0.4, 0.5) is 0 Å². The Balaban J connectivity index is 3.01. The highest BCUT2D eigenvalue weighted by atomic mass is 16.5. The van der Waals surface area contributed by atoms with Gasteiger partial charge in [0, 0.05) is 13.2 Å². The van der Waals surface area contributed by atoms with E-state index in [1.54, 1.807) is 0 Å². The second-order valence-corrected chi connectivity index (χ2v) is 3.30. The van der Waals surface area contributed by atoms with Gasteiger partial charge in [0.2, 0.25) is 0 Å². The molecule has 1 N–H and O–H groups in total. The molecule has 0 aromatic carbocycles. The molecule has 0 saturated carbocycles. The SMILES string of the molecule is C=C(CNC)COCCOCCCC. The quantitative estimate of drug-likeness (QED) is 0.430. The Morgan fingerprint density at radius 1 is 1.21 bits per heavy atom. The lowest BCUT2D eigenvalue weighted by Crippen LogP contribution is -2.14. The van der Waals surface area contributed by atoms with Crippen molar-refractivity contribution in [1.29, 1.82) is 0 Å². The Bertz CT molecular complexity index is 137. The fourth-order valence-electron chi connectivity index (χ4n) is 0.984. The zero-order valence-electron chi connectivity index (χ0n) is 9.47. The van der Waals surface area contributed by atoms with Gasteiger partial charge in [0.25, 0.3) is 0 Å². The second-order valence-electron chi connectivity index (χ2n) is 3.30. The first kappa shape index (κ1) is 13.6. The van der Waals surface area contributed by atoms with Crippen LogP contribution in [0.3, 0.4) is 0 Å². The third-order valence-electron chi connectivity index (χ3n) is 1.75. The van der Waals surface area contributed by atoms with Gasteiger partial charge in [-0.05, 0) is 19.0 Å². The summed E-state index contributed by atoms with van der Waals surface area (Å²) in [6, 6.07) is 0. The van der Waals surface area contributed by atoms with E-state index in [4.69, 9.17) is 9.47 Å². The van der Waals surface area contributed by atoms with Crippen molar-refractivity contribution in [2.45, 2.75) is 19.8 Å². The van der Waals surface area contributed by atoms with Crippen LogP contribution in [-0.2, 0) is 9.47 Å². The van der Waals surface area contributed by atoms with E-state index >= 15 is 0 Å². The maximum absolute atomic E-state index is 5.36. The highest BCUT2D eigenvalue weighted by Gasteiger charge is 1.93. The summed E-state index contributed by atoms with van der Waals surface area (Å²) >= 11 is 0. The molecule has 0 aromatic rings. The van der Waals surface area contributed by atoms with Gasteiger partial charge in [0.1, 0.15) is 0 Å². The van der Waals surface area contributed by atoms with Gasteiger partial charge < -0.3 is 14.8 Å². The highest BCUT2D eigenvalue weighted by molar-refractivity contribution is 4.96. The van der Waals surface area contributed by atoms with E-state index in [0.717, 1.165) is 25.1 Å². The minimum atomic E-state index is 0.623. The number of ether oxygens (including phenoxy) is 2. The van der Waals surface area contributed by atoms with Crippen molar-refractivity contribution < 1.29 is 9.47 Å². The third kappa shape index (κ3) is 9.71. The van der Waals surface area contributed by atoms with Crippen LogP contribution >= 0.6 is 0 Å². The molecular formula is C11H23NO2. The molecular weight excluding hydrogens is 178 g/mol. The smallest absolute Gasteiger partial charge is 0.0704 e. The predicted octanol–water partition coefficient (Wildman–Crippen LogP) is 1.60. The molecule has 14 heavy (non-hydrogen) atoms. The maximum Gasteiger partial charge on any atom is 0.0704 e. The lowest BCUT2D eigenvalue weighted by Gasteiger charge is -2.07. The van der Waals surface area contributed by atoms with Crippen molar-refractivity contribution >= 4 is 0 Å². The van der Waals surface area contributed by atoms with E-state index in [2.05, 4.69) is 18.8 Å². The van der Waals surface area contributed by atoms with E-state index in [-0.39, 0.29) is 0 Å². The molecule has 0 bridgehead atoms. The van der Waals surface area contributed by atoms with E-state index in [1.807, 2.05) is 7.05 Å². The second kappa shape index (κ2) is 10.7. The van der Waals surface area contributed by atoms with Gasteiger partial charge in [0.15, 0.2) is 0 Å². The van der Waals surface area contributed by atoms with Gasteiger partial charge >= 0.3 is 0 Å². The summed E-state index contributed by atoms with van der Waals surface area (Å²) in [5.41, 5.74) is 1.07. The Hall–Kier alpha value is -0.380. The molecule has 0 aliphatic heterocycles. The van der Waals surface area contributed by atoms with Crippen LogP contribution in [0.2, 0.25) is 0 Å². The fourth-order valence-corrected chi connectivity index (χ4v) is 0.984. The zero-order chi connectivity index (χ0) is 10.6. The highest BCUT2D eigenvalue weighted by Crippen LogP contribution is 1.91. The first-order chi connectivity index (χ1) is 6.81. The Morgan fingerprint density at radius 3 is 2.57 bits per heavy atom. The molecule has 3 nitrogen and oxygen atoms in total. The summed E-state index contributed by atoms with van der Waals surface area (Å²) in [5, 5.41) is 3.03. The van der Waals surface area contributed by atoms with Crippen LogP contribution in [0.25, 0.3) is 0 Å². The van der Waals surface area contributed by atoms with Gasteiger partial charge in [-0.25, -0.2) is 0 Å². The fraction of sp³-hybridized carbons (Fsp3) is 0.818. The van der Waals surface area contributed by atoms with Crippen LogP contribution in [0.5, 0.6) is 0 Å². The standard InChI is InChI=1S/C11H23NO2/c1-4-5-6-13-7-8-14-10-11(2)9-12-3/h12H,2,4-10H2,1,3H3. The molecule has 0 radical (unpaired) electrons. The van der Waals surface area contributed by atoms with Crippen LogP contribution in [0.15, 0.2) is 12.2 Å². The summed E-state index contributed by atoms with van der Waals surface area (Å²) in [4.78, 5) is 0. The van der Waals surface area contributed by atoms with E-state index in [9.17, 15) is 0 Å². The van der Waals surface area contributed by atoms with Crippen molar-refractivity contribution in [2.75, 3.05) is 40.0 Å². The normalized spacial score (nSPS) is 10.4. The van der Waals surface area contributed by atoms with Crippen LogP contribution in [0.1, 0.15) is 19.8 Å². The summed E-state index contributed by atoms with van der Waals surface area (Å²) in [6.07, 6.45) is 2.31. The van der Waals surface area contributed by atoms with Crippen molar-refractivity contribution in [2.24, 2.45) is 0 Å². The topological polar surface area (TPSA) is 30.5 Å². The molecule has 0 fully saturated rings. The van der Waals surface area contributed by atoms with Crippen molar-refractivity contribution in [3.05, 3.63) is 12.2 Å². The molecule has 0 aliphatic rings. The van der Waals surface area contributed by atoms with Crippen LogP contribution in [0, 0.1) is 0 Å². The molecule has 0 heterocycles. The summed E-state index contributed by atoms with van der Waals surface area (Å²) in [5.74, 6) is 0. The Labute approximate surface area is 87.5 Å². The first-order valence-corrected chi connectivity index (χ1v) is 5.28. The summed E-state index contributed by atoms with van der Waals surface area (Å²) in [7, 11) is 1.90. The van der Waals surface area contributed by atoms with Gasteiger partial charge in [-0.2, -0.15) is 0 Å². The monoisotopic (exact) mass is 201 g/mol. The van der Waals surface area contributed by atoms with Gasteiger partial charge in [-0.3, -0.25) is 0 Å². The van der Waals surface area contributed by atoms with Crippen molar-refractivity contribution in [1.82, 2.24) is 5.32 Å². The number of nitrogens with one attached hydrogen (secondary N) is 1. The van der Waals surface area contributed by atoms with Gasteiger partial charge in [-0.1, -0.05) is 19.9 Å². The van der Waals surface area contributed by atoms with Gasteiger partial charge in [0.05, 0.1) is 19.8 Å². The van der Waals surface area contributed by atoms with Crippen LogP contribution in [-0.4, -0.2) is 40.0 Å². The van der Waals surface area contributed by atoms with Crippen molar-refractivity contribution in [3.8, 4) is 0 Å². The molecule has 0 rings (SSSR count). The zero-order valence-corrected chi connectivity index (χ0v) is 9.47. The van der Waals surface area contributed by atoms with E-state index in [1.165, 1.54) is 6.42 Å². The number of hydrogen-bond donors (Lipinski definition) is 1. The number of hydrogen-bond acceptors (Lipinski definition) is 3. The lowest BCUT2D eigenvalue weighted by atomic mass is 10.3. The molecule has 0 saturated heterocycles. The molecule has 0 aromatic heterocycles. The molecule has 3 heteroatoms. The lowest BCUT2D eigenvalue weighted by molar-refractivity contribution is 0.0548. The molecule has 0 atom stereocenters. The third-order valence-corrected chi connectivity index (χ3v) is 1.75. The molecule has 0 spiro atoms. The predicted molar refractivity (Wildman–Crippen MR) is 59.6 cm³/mol. The summed E-state index contributed by atoms with van der Waals surface area (Å²) in [6.45, 7) is 9.65. The van der Waals surface area contributed by atoms with Crippen molar-refractivity contribution in [3.63, 3.8) is 0 Å². The molecule has 0 unspecified atom stereocenters. The molecule has 0 amide bonds. The largest absolute Gasteiger partial charge is 0.379 e. The molecule has 84 valence electrons. The first-order valence-electron chi connectivity index (χ1n) is 5.28. The molecule has 0 aliphatic carbocycles. The maximum atomic E-state index is 5.36. The Morgan fingerprint density at radius 2 is 1.93 bits per heavy atom. The summed E-state index contributed by atoms with van der Waals surface area (Å²) < 4.78 is 10.7. The average Bonchev–Trinajstić information content (AvgIpc) is 2.17.